The summed E-state index contributed by atoms with van der Waals surface area (Å²) >= 11 is 3.36. The number of hydrogen-bond donors (Lipinski definition) is 1. The fourth-order valence-corrected chi connectivity index (χ4v) is 2.32. The highest BCUT2D eigenvalue weighted by molar-refractivity contribution is 9.10. The molecule has 1 fully saturated rings. The van der Waals surface area contributed by atoms with Crippen molar-refractivity contribution in [3.8, 4) is 5.75 Å². The van der Waals surface area contributed by atoms with Crippen molar-refractivity contribution < 1.29 is 14.6 Å². The molecule has 1 heterocycles. The number of aliphatic hydroxyl groups excluding tert-OH is 1. The highest BCUT2D eigenvalue weighted by atomic mass is 79.9. The number of rotatable bonds is 4. The molecular formula is C13H16BrNO3. The number of ether oxygens (including phenoxy) is 1. The van der Waals surface area contributed by atoms with Crippen LogP contribution < -0.4 is 4.74 Å². The smallest absolute Gasteiger partial charge is 0.226 e. The number of β-amino-alcohol motifs (C(OH)–C–C–N with tert-alkyl or cyclic N) is 1. The van der Waals surface area contributed by atoms with E-state index in [1.54, 1.807) is 4.90 Å². The Balaban J connectivity index is 1.73. The van der Waals surface area contributed by atoms with E-state index in [0.717, 1.165) is 10.2 Å². The molecule has 1 saturated heterocycles. The van der Waals surface area contributed by atoms with Gasteiger partial charge < -0.3 is 14.7 Å². The minimum atomic E-state index is -0.361. The van der Waals surface area contributed by atoms with Crippen molar-refractivity contribution >= 4 is 21.8 Å². The molecule has 2 rings (SSSR count). The van der Waals surface area contributed by atoms with Crippen LogP contribution in [-0.2, 0) is 4.79 Å². The van der Waals surface area contributed by atoms with Crippen LogP contribution >= 0.6 is 15.9 Å². The Morgan fingerprint density at radius 3 is 3.06 bits per heavy atom. The fraction of sp³-hybridized carbons (Fsp3) is 0.462. The van der Waals surface area contributed by atoms with E-state index in [0.29, 0.717) is 32.5 Å². The second-order valence-electron chi connectivity index (χ2n) is 4.34. The molecule has 0 saturated carbocycles. The molecule has 1 aromatic carbocycles. The van der Waals surface area contributed by atoms with Crippen LogP contribution in [0.4, 0.5) is 0 Å². The summed E-state index contributed by atoms with van der Waals surface area (Å²) in [5, 5.41) is 9.35. The molecule has 1 aliphatic heterocycles. The molecule has 1 aromatic rings. The van der Waals surface area contributed by atoms with Crippen molar-refractivity contribution in [2.75, 3.05) is 19.7 Å². The Morgan fingerprint density at radius 2 is 2.39 bits per heavy atom. The van der Waals surface area contributed by atoms with Crippen LogP contribution in [0.2, 0.25) is 0 Å². The molecule has 0 aliphatic carbocycles. The lowest BCUT2D eigenvalue weighted by Gasteiger charge is -2.15. The predicted molar refractivity (Wildman–Crippen MR) is 71.5 cm³/mol. The Bertz CT molecular complexity index is 424. The molecule has 5 heteroatoms. The molecule has 1 aliphatic rings. The molecule has 0 aromatic heterocycles. The third-order valence-corrected chi connectivity index (χ3v) is 3.39. The number of halogens is 1. The number of carbonyl (C=O) groups is 1. The molecule has 1 N–H and O–H groups in total. The molecule has 0 radical (unpaired) electrons. The molecule has 98 valence electrons. The van der Waals surface area contributed by atoms with Gasteiger partial charge in [-0.15, -0.1) is 0 Å². The number of benzene rings is 1. The van der Waals surface area contributed by atoms with Crippen molar-refractivity contribution in [2.45, 2.75) is 18.9 Å². The maximum absolute atomic E-state index is 11.8. The summed E-state index contributed by atoms with van der Waals surface area (Å²) < 4.78 is 6.46. The summed E-state index contributed by atoms with van der Waals surface area (Å²) in [7, 11) is 0. The molecular weight excluding hydrogens is 298 g/mol. The zero-order valence-corrected chi connectivity index (χ0v) is 11.6. The van der Waals surface area contributed by atoms with Crippen LogP contribution in [0.15, 0.2) is 28.7 Å². The number of carbonyl (C=O) groups excluding carboxylic acids is 1. The van der Waals surface area contributed by atoms with Gasteiger partial charge in [-0.3, -0.25) is 4.79 Å². The number of aliphatic hydroxyl groups is 1. The number of amides is 1. The average molecular weight is 314 g/mol. The van der Waals surface area contributed by atoms with Gasteiger partial charge in [0.1, 0.15) is 5.75 Å². The highest BCUT2D eigenvalue weighted by Crippen LogP contribution is 2.18. The van der Waals surface area contributed by atoms with Gasteiger partial charge in [0.2, 0.25) is 5.91 Å². The summed E-state index contributed by atoms with van der Waals surface area (Å²) in [5.74, 6) is 0.792. The topological polar surface area (TPSA) is 49.8 Å². The van der Waals surface area contributed by atoms with Crippen LogP contribution in [-0.4, -0.2) is 41.7 Å². The van der Waals surface area contributed by atoms with Crippen LogP contribution in [0.5, 0.6) is 5.75 Å². The summed E-state index contributed by atoms with van der Waals surface area (Å²) in [6, 6.07) is 7.53. The van der Waals surface area contributed by atoms with E-state index in [1.165, 1.54) is 0 Å². The van der Waals surface area contributed by atoms with Crippen LogP contribution in [0.25, 0.3) is 0 Å². The maximum Gasteiger partial charge on any atom is 0.226 e. The minimum Gasteiger partial charge on any atom is -0.493 e. The average Bonchev–Trinajstić information content (AvgIpc) is 2.76. The lowest BCUT2D eigenvalue weighted by atomic mass is 10.3. The maximum atomic E-state index is 11.8. The van der Waals surface area contributed by atoms with Crippen molar-refractivity contribution in [1.82, 2.24) is 4.90 Å². The zero-order valence-electron chi connectivity index (χ0n) is 10.0. The highest BCUT2D eigenvalue weighted by Gasteiger charge is 2.23. The molecule has 0 spiro atoms. The minimum absolute atomic E-state index is 0.0431. The largest absolute Gasteiger partial charge is 0.493 e. The Hall–Kier alpha value is -1.07. The predicted octanol–water partition coefficient (Wildman–Crippen LogP) is 1.81. The van der Waals surface area contributed by atoms with Gasteiger partial charge in [0.15, 0.2) is 0 Å². The first-order valence-corrected chi connectivity index (χ1v) is 6.78. The molecule has 1 amide bonds. The van der Waals surface area contributed by atoms with E-state index >= 15 is 0 Å². The van der Waals surface area contributed by atoms with Gasteiger partial charge in [-0.25, -0.2) is 0 Å². The monoisotopic (exact) mass is 313 g/mol. The lowest BCUT2D eigenvalue weighted by Crippen LogP contribution is -2.30. The lowest BCUT2D eigenvalue weighted by molar-refractivity contribution is -0.131. The first kappa shape index (κ1) is 13.4. The fourth-order valence-electron chi connectivity index (χ4n) is 1.94. The molecule has 0 bridgehead atoms. The van der Waals surface area contributed by atoms with Gasteiger partial charge in [0.25, 0.3) is 0 Å². The molecule has 1 unspecified atom stereocenters. The second kappa shape index (κ2) is 6.20. The van der Waals surface area contributed by atoms with Gasteiger partial charge in [-0.1, -0.05) is 22.0 Å². The van der Waals surface area contributed by atoms with E-state index in [4.69, 9.17) is 4.74 Å². The van der Waals surface area contributed by atoms with Crippen LogP contribution in [0.3, 0.4) is 0 Å². The Labute approximate surface area is 115 Å². The molecule has 4 nitrogen and oxygen atoms in total. The van der Waals surface area contributed by atoms with Crippen molar-refractivity contribution in [2.24, 2.45) is 0 Å². The van der Waals surface area contributed by atoms with Crippen LogP contribution in [0.1, 0.15) is 12.8 Å². The SMILES string of the molecule is O=C(CCOc1cccc(Br)c1)N1CCC(O)C1. The van der Waals surface area contributed by atoms with Gasteiger partial charge in [0, 0.05) is 17.6 Å². The standard InChI is InChI=1S/C13H16BrNO3/c14-10-2-1-3-12(8-10)18-7-5-13(17)15-6-4-11(16)9-15/h1-3,8,11,16H,4-7,9H2. The van der Waals surface area contributed by atoms with Gasteiger partial charge >= 0.3 is 0 Å². The van der Waals surface area contributed by atoms with Gasteiger partial charge in [0.05, 0.1) is 19.1 Å². The van der Waals surface area contributed by atoms with Crippen LogP contribution in [0, 0.1) is 0 Å². The Kier molecular flexibility index (Phi) is 4.60. The van der Waals surface area contributed by atoms with Gasteiger partial charge in [-0.2, -0.15) is 0 Å². The van der Waals surface area contributed by atoms with E-state index in [-0.39, 0.29) is 12.0 Å². The number of hydrogen-bond acceptors (Lipinski definition) is 3. The number of likely N-dealkylation sites (tertiary alicyclic amines) is 1. The molecule has 1 atom stereocenters. The zero-order chi connectivity index (χ0) is 13.0. The summed E-state index contributed by atoms with van der Waals surface area (Å²) in [4.78, 5) is 13.5. The summed E-state index contributed by atoms with van der Waals surface area (Å²) in [5.41, 5.74) is 0. The van der Waals surface area contributed by atoms with Crippen molar-refractivity contribution in [1.29, 1.82) is 0 Å². The van der Waals surface area contributed by atoms with E-state index in [2.05, 4.69) is 15.9 Å². The first-order chi connectivity index (χ1) is 8.65. The summed E-state index contributed by atoms with van der Waals surface area (Å²) in [6.45, 7) is 1.47. The van der Waals surface area contributed by atoms with E-state index in [1.807, 2.05) is 24.3 Å². The third-order valence-electron chi connectivity index (χ3n) is 2.90. The first-order valence-electron chi connectivity index (χ1n) is 5.99. The van der Waals surface area contributed by atoms with E-state index in [9.17, 15) is 9.90 Å². The van der Waals surface area contributed by atoms with E-state index < -0.39 is 0 Å². The van der Waals surface area contributed by atoms with Crippen molar-refractivity contribution in [3.05, 3.63) is 28.7 Å². The Morgan fingerprint density at radius 1 is 1.56 bits per heavy atom. The second-order valence-corrected chi connectivity index (χ2v) is 5.25. The third kappa shape index (κ3) is 3.71. The van der Waals surface area contributed by atoms with Crippen molar-refractivity contribution in [3.63, 3.8) is 0 Å². The van der Waals surface area contributed by atoms with Gasteiger partial charge in [-0.05, 0) is 24.6 Å². The molecule has 18 heavy (non-hydrogen) atoms. The summed E-state index contributed by atoms with van der Waals surface area (Å²) in [6.07, 6.45) is 0.664. The number of nitrogens with zero attached hydrogens (tertiary/aromatic N) is 1. The normalized spacial score (nSPS) is 19.0. The quantitative estimate of drug-likeness (QED) is 0.922.